The summed E-state index contributed by atoms with van der Waals surface area (Å²) in [4.78, 5) is 20.1. The van der Waals surface area contributed by atoms with Gasteiger partial charge in [-0.3, -0.25) is 4.98 Å². The summed E-state index contributed by atoms with van der Waals surface area (Å²) in [7, 11) is 1.35. The van der Waals surface area contributed by atoms with Gasteiger partial charge in [0.05, 0.1) is 52.3 Å². The van der Waals surface area contributed by atoms with E-state index in [0.29, 0.717) is 33.4 Å². The number of hydrogen-bond acceptors (Lipinski definition) is 4. The first kappa shape index (κ1) is 14.8. The molecule has 0 amide bonds. The molecule has 0 unspecified atom stereocenters. The molecule has 0 fully saturated rings. The predicted octanol–water partition coefficient (Wildman–Crippen LogP) is 3.57. The molecule has 0 atom stereocenters. The van der Waals surface area contributed by atoms with E-state index in [4.69, 9.17) is 27.9 Å². The number of benzene rings is 1. The number of imidazole rings is 1. The summed E-state index contributed by atoms with van der Waals surface area (Å²) in [6, 6.07) is 6.86. The number of carbonyl (C=O) groups is 1. The fraction of sp³-hybridized carbons (Fsp3) is 0.133. The second-order valence-corrected chi connectivity index (χ2v) is 5.49. The molecule has 3 rings (SSSR count). The van der Waals surface area contributed by atoms with Crippen LogP contribution in [-0.4, -0.2) is 27.6 Å². The topological polar surface area (TPSA) is 57.0 Å². The number of ether oxygens (including phenoxy) is 1. The van der Waals surface area contributed by atoms with E-state index >= 15 is 0 Å². The Labute approximate surface area is 136 Å². The highest BCUT2D eigenvalue weighted by Gasteiger charge is 2.11. The number of hydrogen-bond donors (Lipinski definition) is 0. The third-order valence-electron chi connectivity index (χ3n) is 3.25. The standard InChI is InChI=1S/C15H11Cl2N3O2/c1-22-15(21)9-2-3-14-12(4-9)19-8-20(14)7-13-11(17)5-10(16)6-18-13/h2-6,8H,7H2,1H3. The molecule has 0 bridgehead atoms. The van der Waals surface area contributed by atoms with Crippen molar-refractivity contribution in [3.63, 3.8) is 0 Å². The molecule has 0 saturated heterocycles. The van der Waals surface area contributed by atoms with Crippen LogP contribution in [0.3, 0.4) is 0 Å². The van der Waals surface area contributed by atoms with Crippen LogP contribution in [0.25, 0.3) is 11.0 Å². The normalized spacial score (nSPS) is 10.9. The minimum Gasteiger partial charge on any atom is -0.465 e. The van der Waals surface area contributed by atoms with Gasteiger partial charge in [-0.05, 0) is 24.3 Å². The zero-order valence-corrected chi connectivity index (χ0v) is 13.1. The Bertz CT molecular complexity index is 861. The molecule has 7 heteroatoms. The second-order valence-electron chi connectivity index (χ2n) is 4.65. The number of pyridine rings is 1. The highest BCUT2D eigenvalue weighted by atomic mass is 35.5. The van der Waals surface area contributed by atoms with Gasteiger partial charge in [0.2, 0.25) is 0 Å². The Morgan fingerprint density at radius 1 is 1.27 bits per heavy atom. The summed E-state index contributed by atoms with van der Waals surface area (Å²) in [5.74, 6) is -0.390. The lowest BCUT2D eigenvalue weighted by Crippen LogP contribution is -2.02. The third-order valence-corrected chi connectivity index (χ3v) is 3.78. The van der Waals surface area contributed by atoms with Crippen LogP contribution in [0.5, 0.6) is 0 Å². The van der Waals surface area contributed by atoms with E-state index in [1.54, 1.807) is 30.7 Å². The van der Waals surface area contributed by atoms with Gasteiger partial charge in [0.1, 0.15) is 0 Å². The van der Waals surface area contributed by atoms with E-state index in [0.717, 1.165) is 5.52 Å². The maximum Gasteiger partial charge on any atom is 0.337 e. The molecule has 22 heavy (non-hydrogen) atoms. The molecule has 0 saturated carbocycles. The Hall–Kier alpha value is -2.11. The molecule has 0 N–H and O–H groups in total. The minimum atomic E-state index is -0.390. The van der Waals surface area contributed by atoms with Crippen LogP contribution in [0.4, 0.5) is 0 Å². The van der Waals surface area contributed by atoms with Crippen molar-refractivity contribution in [1.29, 1.82) is 0 Å². The molecule has 2 aromatic heterocycles. The molecule has 112 valence electrons. The largest absolute Gasteiger partial charge is 0.465 e. The minimum absolute atomic E-state index is 0.390. The zero-order chi connectivity index (χ0) is 15.7. The SMILES string of the molecule is COC(=O)c1ccc2c(c1)ncn2Cc1ncc(Cl)cc1Cl. The van der Waals surface area contributed by atoms with Crippen molar-refractivity contribution in [1.82, 2.24) is 14.5 Å². The van der Waals surface area contributed by atoms with Gasteiger partial charge < -0.3 is 9.30 Å². The number of fused-ring (bicyclic) bond motifs is 1. The molecular formula is C15H11Cl2N3O2. The Morgan fingerprint density at radius 3 is 2.82 bits per heavy atom. The third kappa shape index (κ3) is 2.77. The summed E-state index contributed by atoms with van der Waals surface area (Å²) < 4.78 is 6.60. The van der Waals surface area contributed by atoms with Crippen LogP contribution >= 0.6 is 23.2 Å². The lowest BCUT2D eigenvalue weighted by atomic mass is 10.2. The van der Waals surface area contributed by atoms with E-state index in [1.165, 1.54) is 7.11 Å². The van der Waals surface area contributed by atoms with Crippen molar-refractivity contribution < 1.29 is 9.53 Å². The monoisotopic (exact) mass is 335 g/mol. The van der Waals surface area contributed by atoms with Crippen molar-refractivity contribution in [2.75, 3.05) is 7.11 Å². The number of halogens is 2. The molecule has 0 spiro atoms. The molecule has 5 nitrogen and oxygen atoms in total. The van der Waals surface area contributed by atoms with Crippen LogP contribution < -0.4 is 0 Å². The zero-order valence-electron chi connectivity index (χ0n) is 11.6. The molecular weight excluding hydrogens is 325 g/mol. The van der Waals surface area contributed by atoms with Gasteiger partial charge in [0.15, 0.2) is 0 Å². The van der Waals surface area contributed by atoms with Crippen molar-refractivity contribution in [2.24, 2.45) is 0 Å². The van der Waals surface area contributed by atoms with Gasteiger partial charge in [0, 0.05) is 6.20 Å². The van der Waals surface area contributed by atoms with Gasteiger partial charge in [-0.1, -0.05) is 23.2 Å². The van der Waals surface area contributed by atoms with Gasteiger partial charge in [-0.25, -0.2) is 9.78 Å². The fourth-order valence-electron chi connectivity index (χ4n) is 2.16. The molecule has 0 radical (unpaired) electrons. The maximum absolute atomic E-state index is 11.5. The van der Waals surface area contributed by atoms with Crippen molar-refractivity contribution in [2.45, 2.75) is 6.54 Å². The number of methoxy groups -OCH3 is 1. The molecule has 2 heterocycles. The van der Waals surface area contributed by atoms with Crippen LogP contribution in [0.1, 0.15) is 16.1 Å². The van der Waals surface area contributed by atoms with Crippen LogP contribution in [0.15, 0.2) is 36.8 Å². The quantitative estimate of drug-likeness (QED) is 0.686. The van der Waals surface area contributed by atoms with Gasteiger partial charge in [-0.15, -0.1) is 0 Å². The molecule has 0 aliphatic heterocycles. The van der Waals surface area contributed by atoms with Crippen molar-refractivity contribution in [3.05, 3.63) is 58.1 Å². The van der Waals surface area contributed by atoms with Gasteiger partial charge in [-0.2, -0.15) is 0 Å². The first-order chi connectivity index (χ1) is 10.6. The molecule has 0 aliphatic carbocycles. The van der Waals surface area contributed by atoms with Gasteiger partial charge in [0.25, 0.3) is 0 Å². The Balaban J connectivity index is 1.96. The summed E-state index contributed by atoms with van der Waals surface area (Å²) in [6.07, 6.45) is 3.23. The highest BCUT2D eigenvalue weighted by Crippen LogP contribution is 2.22. The van der Waals surface area contributed by atoms with E-state index in [1.807, 2.05) is 10.6 Å². The number of esters is 1. The van der Waals surface area contributed by atoms with E-state index < -0.39 is 0 Å². The van der Waals surface area contributed by atoms with Crippen LogP contribution in [-0.2, 0) is 11.3 Å². The van der Waals surface area contributed by atoms with E-state index in [-0.39, 0.29) is 5.97 Å². The first-order valence-electron chi connectivity index (χ1n) is 6.41. The summed E-state index contributed by atoms with van der Waals surface area (Å²) in [5.41, 5.74) is 2.73. The number of aromatic nitrogens is 3. The average Bonchev–Trinajstić information content (AvgIpc) is 2.91. The number of nitrogens with zero attached hydrogens (tertiary/aromatic N) is 3. The lowest BCUT2D eigenvalue weighted by Gasteiger charge is -2.06. The highest BCUT2D eigenvalue weighted by molar-refractivity contribution is 6.34. The van der Waals surface area contributed by atoms with Crippen LogP contribution in [0.2, 0.25) is 10.0 Å². The Morgan fingerprint density at radius 2 is 2.09 bits per heavy atom. The first-order valence-corrected chi connectivity index (χ1v) is 7.17. The van der Waals surface area contributed by atoms with Crippen LogP contribution in [0, 0.1) is 0 Å². The van der Waals surface area contributed by atoms with E-state index in [2.05, 4.69) is 9.97 Å². The number of rotatable bonds is 3. The summed E-state index contributed by atoms with van der Waals surface area (Å²) in [6.45, 7) is 0.462. The number of carbonyl (C=O) groups excluding carboxylic acids is 1. The summed E-state index contributed by atoms with van der Waals surface area (Å²) >= 11 is 12.0. The van der Waals surface area contributed by atoms with E-state index in [9.17, 15) is 4.79 Å². The predicted molar refractivity (Wildman–Crippen MR) is 84.4 cm³/mol. The Kier molecular flexibility index (Phi) is 4.00. The maximum atomic E-state index is 11.5. The average molecular weight is 336 g/mol. The molecule has 3 aromatic rings. The lowest BCUT2D eigenvalue weighted by molar-refractivity contribution is 0.0601. The van der Waals surface area contributed by atoms with Gasteiger partial charge >= 0.3 is 5.97 Å². The molecule has 1 aromatic carbocycles. The van der Waals surface area contributed by atoms with Crippen molar-refractivity contribution in [3.8, 4) is 0 Å². The smallest absolute Gasteiger partial charge is 0.337 e. The molecule has 0 aliphatic rings. The summed E-state index contributed by atoms with van der Waals surface area (Å²) in [5, 5.41) is 0.993. The fourth-order valence-corrected chi connectivity index (χ4v) is 2.60. The second kappa shape index (κ2) is 5.94. The van der Waals surface area contributed by atoms with Crippen molar-refractivity contribution >= 4 is 40.2 Å².